The van der Waals surface area contributed by atoms with Crippen molar-refractivity contribution in [1.29, 1.82) is 0 Å². The van der Waals surface area contributed by atoms with Gasteiger partial charge < -0.3 is 5.32 Å². The van der Waals surface area contributed by atoms with Crippen LogP contribution < -0.4 is 10.9 Å². The molecule has 1 amide bonds. The number of fused-ring (bicyclic) bond motifs is 1. The highest BCUT2D eigenvalue weighted by atomic mass is 35.5. The number of rotatable bonds is 7. The van der Waals surface area contributed by atoms with E-state index >= 15 is 0 Å². The molecule has 0 aliphatic heterocycles. The van der Waals surface area contributed by atoms with E-state index in [1.807, 2.05) is 13.8 Å². The summed E-state index contributed by atoms with van der Waals surface area (Å²) in [6.07, 6.45) is 4.26. The Hall–Kier alpha value is -2.38. The third kappa shape index (κ3) is 5.41. The van der Waals surface area contributed by atoms with E-state index in [0.29, 0.717) is 38.8 Å². The second-order valence-corrected chi connectivity index (χ2v) is 10.2. The van der Waals surface area contributed by atoms with E-state index in [-0.39, 0.29) is 35.0 Å². The van der Waals surface area contributed by atoms with E-state index < -0.39 is 0 Å². The molecule has 0 saturated heterocycles. The topological polar surface area (TPSA) is 64.0 Å². The molecule has 0 atom stereocenters. The van der Waals surface area contributed by atoms with Crippen molar-refractivity contribution in [3.63, 3.8) is 0 Å². The van der Waals surface area contributed by atoms with Gasteiger partial charge in [0.1, 0.15) is 5.82 Å². The Labute approximate surface area is 201 Å². The summed E-state index contributed by atoms with van der Waals surface area (Å²) in [6.45, 7) is 4.53. The lowest BCUT2D eigenvalue weighted by atomic mass is 10.1. The predicted molar refractivity (Wildman–Crippen MR) is 132 cm³/mol. The molecule has 1 heterocycles. The summed E-state index contributed by atoms with van der Waals surface area (Å²) in [4.78, 5) is 30.7. The van der Waals surface area contributed by atoms with Gasteiger partial charge >= 0.3 is 0 Å². The minimum Gasteiger partial charge on any atom is -0.349 e. The van der Waals surface area contributed by atoms with Crippen LogP contribution in [0.25, 0.3) is 10.9 Å². The average Bonchev–Trinajstić information content (AvgIpc) is 3.28. The molecule has 5 nitrogen and oxygen atoms in total. The maximum Gasteiger partial charge on any atom is 0.262 e. The smallest absolute Gasteiger partial charge is 0.262 e. The average molecular weight is 488 g/mol. The zero-order valence-electron chi connectivity index (χ0n) is 18.7. The van der Waals surface area contributed by atoms with Crippen LogP contribution in [0, 0.1) is 11.7 Å². The number of benzene rings is 2. The summed E-state index contributed by atoms with van der Waals surface area (Å²) in [6, 6.07) is 9.80. The number of hydrogen-bond donors (Lipinski definition) is 1. The lowest BCUT2D eigenvalue weighted by Crippen LogP contribution is -2.32. The normalized spacial score (nSPS) is 14.3. The molecule has 8 heteroatoms. The molecule has 1 aliphatic carbocycles. The molecule has 1 fully saturated rings. The van der Waals surface area contributed by atoms with Gasteiger partial charge in [0.25, 0.3) is 11.5 Å². The fourth-order valence-corrected chi connectivity index (χ4v) is 5.48. The van der Waals surface area contributed by atoms with Gasteiger partial charge in [-0.15, -0.1) is 0 Å². The third-order valence-corrected chi connectivity index (χ3v) is 7.18. The zero-order valence-corrected chi connectivity index (χ0v) is 20.3. The zero-order chi connectivity index (χ0) is 23.5. The Morgan fingerprint density at radius 1 is 1.27 bits per heavy atom. The summed E-state index contributed by atoms with van der Waals surface area (Å²) in [7, 11) is 0. The molecule has 4 rings (SSSR count). The molecule has 2 aromatic carbocycles. The first-order chi connectivity index (χ1) is 15.8. The second-order valence-electron chi connectivity index (χ2n) is 8.88. The first-order valence-electron chi connectivity index (χ1n) is 11.2. The van der Waals surface area contributed by atoms with E-state index in [0.717, 1.165) is 25.7 Å². The molecule has 3 aromatic rings. The van der Waals surface area contributed by atoms with Gasteiger partial charge in [-0.1, -0.05) is 56.1 Å². The molecule has 1 N–H and O–H groups in total. The van der Waals surface area contributed by atoms with Gasteiger partial charge in [0.15, 0.2) is 5.16 Å². The summed E-state index contributed by atoms with van der Waals surface area (Å²) in [5.74, 6) is -0.0813. The highest BCUT2D eigenvalue weighted by Crippen LogP contribution is 2.28. The molecule has 1 saturated carbocycles. The van der Waals surface area contributed by atoms with Gasteiger partial charge in [0.2, 0.25) is 0 Å². The number of nitrogens with zero attached hydrogens (tertiary/aromatic N) is 2. The van der Waals surface area contributed by atoms with Crippen LogP contribution in [0.5, 0.6) is 0 Å². The van der Waals surface area contributed by atoms with Crippen molar-refractivity contribution in [3.8, 4) is 0 Å². The summed E-state index contributed by atoms with van der Waals surface area (Å²) in [5.41, 5.74) is 1.15. The van der Waals surface area contributed by atoms with Crippen molar-refractivity contribution < 1.29 is 9.18 Å². The Morgan fingerprint density at radius 2 is 2.03 bits per heavy atom. The van der Waals surface area contributed by atoms with Crippen molar-refractivity contribution >= 4 is 40.2 Å². The van der Waals surface area contributed by atoms with Crippen molar-refractivity contribution in [2.45, 2.75) is 63.0 Å². The van der Waals surface area contributed by atoms with Crippen molar-refractivity contribution in [2.75, 3.05) is 0 Å². The number of carbonyl (C=O) groups excluding carboxylic acids is 1. The molecular formula is C25H27ClFN3O2S. The highest BCUT2D eigenvalue weighted by Gasteiger charge is 2.20. The number of aromatic nitrogens is 2. The van der Waals surface area contributed by atoms with Gasteiger partial charge in [-0.05, 0) is 49.1 Å². The molecular weight excluding hydrogens is 461 g/mol. The Balaban J connectivity index is 1.69. The van der Waals surface area contributed by atoms with Crippen molar-refractivity contribution in [1.82, 2.24) is 14.9 Å². The number of hydrogen-bond acceptors (Lipinski definition) is 4. The second kappa shape index (κ2) is 10.3. The van der Waals surface area contributed by atoms with Gasteiger partial charge in [0.05, 0.1) is 10.9 Å². The molecule has 33 heavy (non-hydrogen) atoms. The van der Waals surface area contributed by atoms with Gasteiger partial charge in [-0.3, -0.25) is 14.2 Å². The SMILES string of the molecule is CC(C)Cn1c(SCc2c(F)cccc2Cl)nc2cc(C(=O)NC3CCCC3)ccc2c1=O. The molecule has 1 aliphatic rings. The van der Waals surface area contributed by atoms with E-state index in [1.54, 1.807) is 34.9 Å². The van der Waals surface area contributed by atoms with Gasteiger partial charge in [0, 0.05) is 34.5 Å². The molecule has 0 unspecified atom stereocenters. The van der Waals surface area contributed by atoms with Crippen molar-refractivity contribution in [3.05, 3.63) is 68.7 Å². The number of halogens is 2. The minimum atomic E-state index is -0.389. The largest absolute Gasteiger partial charge is 0.349 e. The summed E-state index contributed by atoms with van der Waals surface area (Å²) < 4.78 is 15.9. The molecule has 174 valence electrons. The summed E-state index contributed by atoms with van der Waals surface area (Å²) in [5, 5.41) is 4.35. The lowest BCUT2D eigenvalue weighted by Gasteiger charge is -2.16. The number of carbonyl (C=O) groups is 1. The molecule has 0 radical (unpaired) electrons. The van der Waals surface area contributed by atoms with Crippen LogP contribution in [0.15, 0.2) is 46.3 Å². The van der Waals surface area contributed by atoms with Crippen LogP contribution in [0.3, 0.4) is 0 Å². The Bertz CT molecular complexity index is 1220. The quantitative estimate of drug-likeness (QED) is 0.337. The van der Waals surface area contributed by atoms with E-state index in [9.17, 15) is 14.0 Å². The maximum absolute atomic E-state index is 14.3. The van der Waals surface area contributed by atoms with Crippen LogP contribution >= 0.6 is 23.4 Å². The molecule has 1 aromatic heterocycles. The summed E-state index contributed by atoms with van der Waals surface area (Å²) >= 11 is 7.45. The highest BCUT2D eigenvalue weighted by molar-refractivity contribution is 7.98. The van der Waals surface area contributed by atoms with Gasteiger partial charge in [-0.2, -0.15) is 0 Å². The van der Waals surface area contributed by atoms with Crippen LogP contribution in [-0.2, 0) is 12.3 Å². The predicted octanol–water partition coefficient (Wildman–Crippen LogP) is 5.81. The third-order valence-electron chi connectivity index (χ3n) is 5.83. The van der Waals surface area contributed by atoms with Crippen LogP contribution in [-0.4, -0.2) is 21.5 Å². The Kier molecular flexibility index (Phi) is 7.39. The monoisotopic (exact) mass is 487 g/mol. The fourth-order valence-electron chi connectivity index (χ4n) is 4.12. The number of nitrogens with one attached hydrogen (secondary N) is 1. The lowest BCUT2D eigenvalue weighted by molar-refractivity contribution is 0.0938. The fraction of sp³-hybridized carbons (Fsp3) is 0.400. The van der Waals surface area contributed by atoms with Gasteiger partial charge in [-0.25, -0.2) is 9.37 Å². The molecule has 0 bridgehead atoms. The van der Waals surface area contributed by atoms with E-state index in [1.165, 1.54) is 17.8 Å². The maximum atomic E-state index is 14.3. The van der Waals surface area contributed by atoms with Crippen molar-refractivity contribution in [2.24, 2.45) is 5.92 Å². The van der Waals surface area contributed by atoms with Crippen LogP contribution in [0.2, 0.25) is 5.02 Å². The first-order valence-corrected chi connectivity index (χ1v) is 12.6. The minimum absolute atomic E-state index is 0.149. The molecule has 0 spiro atoms. The number of amides is 1. The number of thioether (sulfide) groups is 1. The van der Waals surface area contributed by atoms with Crippen LogP contribution in [0.1, 0.15) is 55.5 Å². The standard InChI is InChI=1S/C25H27ClFN3O2S/c1-15(2)13-30-24(32)18-11-10-16(23(31)28-17-6-3-4-7-17)12-22(18)29-25(30)33-14-19-20(26)8-5-9-21(19)27/h5,8-12,15,17H,3-4,6-7,13-14H2,1-2H3,(H,28,31). The van der Waals surface area contributed by atoms with E-state index in [4.69, 9.17) is 16.6 Å². The first kappa shape index (κ1) is 23.8. The van der Waals surface area contributed by atoms with Crippen LogP contribution in [0.4, 0.5) is 4.39 Å². The Morgan fingerprint density at radius 3 is 2.73 bits per heavy atom. The van der Waals surface area contributed by atoms with E-state index in [2.05, 4.69) is 5.32 Å².